The van der Waals surface area contributed by atoms with E-state index in [9.17, 15) is 9.90 Å². The van der Waals surface area contributed by atoms with Crippen LogP contribution in [0.3, 0.4) is 0 Å². The lowest BCUT2D eigenvalue weighted by Crippen LogP contribution is -2.15. The summed E-state index contributed by atoms with van der Waals surface area (Å²) in [4.78, 5) is 14.5. The normalized spacial score (nSPS) is 12.1. The number of carbonyl (C=O) groups excluding carboxylic acids is 1. The number of hydrogen-bond acceptors (Lipinski definition) is 3. The van der Waals surface area contributed by atoms with Gasteiger partial charge in [0.05, 0.1) is 0 Å². The summed E-state index contributed by atoms with van der Waals surface area (Å²) in [6, 6.07) is 12.7. The number of hydrogen-bond donors (Lipinski definition) is 2. The zero-order chi connectivity index (χ0) is 12.8. The second-order valence-electron chi connectivity index (χ2n) is 3.99. The van der Waals surface area contributed by atoms with Gasteiger partial charge in [0.1, 0.15) is 18.5 Å². The zero-order valence-electron chi connectivity index (χ0n) is 9.87. The van der Waals surface area contributed by atoms with Crippen LogP contribution in [0.2, 0.25) is 0 Å². The molecule has 2 aromatic rings. The van der Waals surface area contributed by atoms with Crippen LogP contribution >= 0.6 is 0 Å². The molecule has 0 fully saturated rings. The maximum Gasteiger partial charge on any atom is 0.173 e. The lowest BCUT2D eigenvalue weighted by atomic mass is 10.1. The number of nitrogens with one attached hydrogen (secondary N) is 1. The molecule has 0 spiro atoms. The van der Waals surface area contributed by atoms with Crippen molar-refractivity contribution < 1.29 is 14.6 Å². The number of aliphatic hydroxyl groups excluding tert-OH is 1. The van der Waals surface area contributed by atoms with Crippen LogP contribution < -0.4 is 4.74 Å². The Bertz CT molecular complexity index is 479. The van der Waals surface area contributed by atoms with Crippen molar-refractivity contribution in [3.63, 3.8) is 0 Å². The fraction of sp³-hybridized carbons (Fsp3) is 0.214. The zero-order valence-corrected chi connectivity index (χ0v) is 9.87. The van der Waals surface area contributed by atoms with E-state index in [0.29, 0.717) is 11.4 Å². The Balaban J connectivity index is 1.79. The van der Waals surface area contributed by atoms with Crippen molar-refractivity contribution in [1.82, 2.24) is 4.98 Å². The lowest BCUT2D eigenvalue weighted by Gasteiger charge is -2.09. The molecule has 0 radical (unpaired) electrons. The Morgan fingerprint density at radius 3 is 2.67 bits per heavy atom. The van der Waals surface area contributed by atoms with E-state index in [4.69, 9.17) is 4.74 Å². The third kappa shape index (κ3) is 3.46. The summed E-state index contributed by atoms with van der Waals surface area (Å²) < 4.78 is 5.32. The van der Waals surface area contributed by atoms with Crippen molar-refractivity contribution in [3.8, 4) is 5.75 Å². The van der Waals surface area contributed by atoms with Crippen molar-refractivity contribution in [2.45, 2.75) is 12.5 Å². The molecule has 0 amide bonds. The molecule has 4 heteroatoms. The van der Waals surface area contributed by atoms with Crippen LogP contribution in [0, 0.1) is 0 Å². The molecule has 4 nitrogen and oxygen atoms in total. The van der Waals surface area contributed by atoms with Crippen LogP contribution in [-0.4, -0.2) is 22.5 Å². The molecule has 18 heavy (non-hydrogen) atoms. The van der Waals surface area contributed by atoms with Crippen LogP contribution in [0.25, 0.3) is 0 Å². The molecule has 0 saturated carbocycles. The number of aromatic amines is 1. The first-order valence-electron chi connectivity index (χ1n) is 5.76. The molecule has 1 atom stereocenters. The van der Waals surface area contributed by atoms with Crippen LogP contribution in [0.15, 0.2) is 48.7 Å². The predicted octanol–water partition coefficient (Wildman–Crippen LogP) is 2.09. The first-order chi connectivity index (χ1) is 8.75. The van der Waals surface area contributed by atoms with E-state index in [1.165, 1.54) is 0 Å². The van der Waals surface area contributed by atoms with Crippen LogP contribution in [0.5, 0.6) is 5.75 Å². The summed E-state index contributed by atoms with van der Waals surface area (Å²) in [7, 11) is 0. The van der Waals surface area contributed by atoms with E-state index < -0.39 is 6.10 Å². The second-order valence-corrected chi connectivity index (χ2v) is 3.99. The fourth-order valence-corrected chi connectivity index (χ4v) is 1.62. The summed E-state index contributed by atoms with van der Waals surface area (Å²) in [5.74, 6) is 0.515. The van der Waals surface area contributed by atoms with Gasteiger partial charge in [-0.15, -0.1) is 0 Å². The standard InChI is InChI=1S/C14H15NO3/c16-11(9-14(17)13-7-4-8-15-13)10-18-12-5-2-1-3-6-12/h1-8,14-15,17H,9-10H2. The summed E-state index contributed by atoms with van der Waals surface area (Å²) in [5.41, 5.74) is 0.642. The van der Waals surface area contributed by atoms with E-state index in [1.807, 2.05) is 18.2 Å². The number of para-hydroxylation sites is 1. The molecule has 0 saturated heterocycles. The fourth-order valence-electron chi connectivity index (χ4n) is 1.62. The summed E-state index contributed by atoms with van der Waals surface area (Å²) in [6.45, 7) is -0.0260. The number of aliphatic hydroxyl groups is 1. The van der Waals surface area contributed by atoms with Gasteiger partial charge >= 0.3 is 0 Å². The van der Waals surface area contributed by atoms with Crippen molar-refractivity contribution in [2.75, 3.05) is 6.61 Å². The third-order valence-corrected chi connectivity index (χ3v) is 2.55. The quantitative estimate of drug-likeness (QED) is 0.819. The molecule has 2 rings (SSSR count). The maximum atomic E-state index is 11.6. The molecule has 1 aromatic carbocycles. The number of carbonyl (C=O) groups is 1. The first kappa shape index (κ1) is 12.4. The van der Waals surface area contributed by atoms with Crippen LogP contribution in [0.1, 0.15) is 18.2 Å². The highest BCUT2D eigenvalue weighted by atomic mass is 16.5. The molecule has 0 bridgehead atoms. The minimum atomic E-state index is -0.799. The predicted molar refractivity (Wildman–Crippen MR) is 67.3 cm³/mol. The number of ether oxygens (including phenoxy) is 1. The van der Waals surface area contributed by atoms with Crippen molar-refractivity contribution in [3.05, 3.63) is 54.4 Å². The summed E-state index contributed by atoms with van der Waals surface area (Å²) in [5, 5.41) is 9.77. The summed E-state index contributed by atoms with van der Waals surface area (Å²) >= 11 is 0. The van der Waals surface area contributed by atoms with Gasteiger partial charge in [-0.2, -0.15) is 0 Å². The number of ketones is 1. The number of rotatable bonds is 6. The minimum absolute atomic E-state index is 0.0260. The van der Waals surface area contributed by atoms with E-state index >= 15 is 0 Å². The summed E-state index contributed by atoms with van der Waals surface area (Å²) in [6.07, 6.45) is 0.962. The average molecular weight is 245 g/mol. The van der Waals surface area contributed by atoms with Crippen LogP contribution in [0.4, 0.5) is 0 Å². The molecule has 1 aromatic heterocycles. The van der Waals surface area contributed by atoms with Crippen LogP contribution in [-0.2, 0) is 4.79 Å². The number of aromatic nitrogens is 1. The van der Waals surface area contributed by atoms with Gasteiger partial charge in [-0.05, 0) is 24.3 Å². The van der Waals surface area contributed by atoms with Gasteiger partial charge in [0.2, 0.25) is 0 Å². The number of benzene rings is 1. The molecule has 94 valence electrons. The van der Waals surface area contributed by atoms with Gasteiger partial charge < -0.3 is 14.8 Å². The monoisotopic (exact) mass is 245 g/mol. The molecule has 0 aliphatic rings. The second kappa shape index (κ2) is 6.02. The highest BCUT2D eigenvalue weighted by Gasteiger charge is 2.13. The van der Waals surface area contributed by atoms with Gasteiger partial charge in [-0.3, -0.25) is 4.79 Å². The third-order valence-electron chi connectivity index (χ3n) is 2.55. The van der Waals surface area contributed by atoms with E-state index in [1.54, 1.807) is 30.5 Å². The number of Topliss-reactive ketones (excluding diaryl/α,β-unsaturated/α-hetero) is 1. The molecule has 0 aliphatic carbocycles. The average Bonchev–Trinajstić information content (AvgIpc) is 2.91. The molecular weight excluding hydrogens is 230 g/mol. The maximum absolute atomic E-state index is 11.6. The molecular formula is C14H15NO3. The topological polar surface area (TPSA) is 62.3 Å². The first-order valence-corrected chi connectivity index (χ1v) is 5.76. The van der Waals surface area contributed by atoms with E-state index in [-0.39, 0.29) is 18.8 Å². The van der Waals surface area contributed by atoms with Crippen molar-refractivity contribution in [2.24, 2.45) is 0 Å². The highest BCUT2D eigenvalue weighted by molar-refractivity contribution is 5.80. The van der Waals surface area contributed by atoms with Gasteiger partial charge in [-0.1, -0.05) is 18.2 Å². The Kier molecular flexibility index (Phi) is 4.15. The molecule has 1 heterocycles. The van der Waals surface area contributed by atoms with Crippen molar-refractivity contribution in [1.29, 1.82) is 0 Å². The minimum Gasteiger partial charge on any atom is -0.486 e. The van der Waals surface area contributed by atoms with Gasteiger partial charge in [0.25, 0.3) is 0 Å². The highest BCUT2D eigenvalue weighted by Crippen LogP contribution is 2.15. The largest absolute Gasteiger partial charge is 0.486 e. The Hall–Kier alpha value is -2.07. The van der Waals surface area contributed by atoms with Crippen molar-refractivity contribution >= 4 is 5.78 Å². The lowest BCUT2D eigenvalue weighted by molar-refractivity contribution is -0.123. The Morgan fingerprint density at radius 2 is 2.00 bits per heavy atom. The van der Waals surface area contributed by atoms with E-state index in [2.05, 4.69) is 4.98 Å². The Labute approximate surface area is 105 Å². The SMILES string of the molecule is O=C(COc1ccccc1)CC(O)c1ccc[nH]1. The van der Waals surface area contributed by atoms with E-state index in [0.717, 1.165) is 0 Å². The van der Waals surface area contributed by atoms with Gasteiger partial charge in [0, 0.05) is 18.3 Å². The molecule has 1 unspecified atom stereocenters. The molecule has 0 aliphatic heterocycles. The van der Waals surface area contributed by atoms with Gasteiger partial charge in [0.15, 0.2) is 5.78 Å². The number of H-pyrrole nitrogens is 1. The smallest absolute Gasteiger partial charge is 0.173 e. The molecule has 2 N–H and O–H groups in total. The van der Waals surface area contributed by atoms with Gasteiger partial charge in [-0.25, -0.2) is 0 Å². The Morgan fingerprint density at radius 1 is 1.22 bits per heavy atom.